The van der Waals surface area contributed by atoms with Crippen LogP contribution < -0.4 is 11.1 Å². The monoisotopic (exact) mass is 184 g/mol. The van der Waals surface area contributed by atoms with Gasteiger partial charge in [-0.15, -0.1) is 0 Å². The van der Waals surface area contributed by atoms with Gasteiger partial charge in [0.2, 0.25) is 0 Å². The van der Waals surface area contributed by atoms with Crippen molar-refractivity contribution in [1.29, 1.82) is 0 Å². The summed E-state index contributed by atoms with van der Waals surface area (Å²) >= 11 is 0. The van der Waals surface area contributed by atoms with Gasteiger partial charge in [0, 0.05) is 12.2 Å². The molecule has 1 atom stereocenters. The normalized spacial score (nSPS) is 12.5. The molecule has 0 saturated carbocycles. The summed E-state index contributed by atoms with van der Waals surface area (Å²) in [5, 5.41) is 11.7. The topological polar surface area (TPSA) is 58.3 Å². The molecule has 1 aromatic carbocycles. The van der Waals surface area contributed by atoms with E-state index in [2.05, 4.69) is 5.32 Å². The maximum Gasteiger partial charge on any atom is 0.125 e. The minimum Gasteiger partial charge on any atom is -0.394 e. The Labute approximate surface area is 76.4 Å². The number of aliphatic hydroxyl groups is 1. The molecular formula is C9H13FN2O. The first-order valence-electron chi connectivity index (χ1n) is 4.09. The predicted molar refractivity (Wildman–Crippen MR) is 50.0 cm³/mol. The summed E-state index contributed by atoms with van der Waals surface area (Å²) in [6.07, 6.45) is 0. The lowest BCUT2D eigenvalue weighted by atomic mass is 10.2. The lowest BCUT2D eigenvalue weighted by Crippen LogP contribution is -2.32. The highest BCUT2D eigenvalue weighted by Gasteiger charge is 2.03. The molecule has 0 fully saturated rings. The van der Waals surface area contributed by atoms with E-state index < -0.39 is 0 Å². The summed E-state index contributed by atoms with van der Waals surface area (Å²) in [6.45, 7) is 0.250. The van der Waals surface area contributed by atoms with Crippen LogP contribution in [0.2, 0.25) is 0 Å². The van der Waals surface area contributed by atoms with Crippen LogP contribution in [0.3, 0.4) is 0 Å². The Morgan fingerprint density at radius 1 is 1.54 bits per heavy atom. The van der Waals surface area contributed by atoms with Gasteiger partial charge in [-0.1, -0.05) is 6.07 Å². The molecule has 0 spiro atoms. The second-order valence-electron chi connectivity index (χ2n) is 2.77. The van der Waals surface area contributed by atoms with E-state index in [4.69, 9.17) is 10.8 Å². The van der Waals surface area contributed by atoms with Gasteiger partial charge in [-0.25, -0.2) is 4.39 Å². The third-order valence-electron chi connectivity index (χ3n) is 1.70. The molecule has 3 nitrogen and oxygen atoms in total. The number of hydrogen-bond acceptors (Lipinski definition) is 3. The van der Waals surface area contributed by atoms with E-state index in [1.54, 1.807) is 12.1 Å². The van der Waals surface area contributed by atoms with E-state index in [-0.39, 0.29) is 18.5 Å². The standard InChI is InChI=1S/C9H13FN2O/c10-7-2-1-3-8(4-7)12-9(5-11)6-13/h1-4,9,12-13H,5-6,11H2. The minimum atomic E-state index is -0.307. The maximum atomic E-state index is 12.7. The summed E-state index contributed by atoms with van der Waals surface area (Å²) in [6, 6.07) is 5.82. The van der Waals surface area contributed by atoms with Crippen molar-refractivity contribution in [2.75, 3.05) is 18.5 Å². The average Bonchev–Trinajstić information content (AvgIpc) is 2.14. The largest absolute Gasteiger partial charge is 0.394 e. The average molecular weight is 184 g/mol. The first-order valence-corrected chi connectivity index (χ1v) is 4.09. The molecular weight excluding hydrogens is 171 g/mol. The van der Waals surface area contributed by atoms with Crippen molar-refractivity contribution in [3.05, 3.63) is 30.1 Å². The molecule has 0 aromatic heterocycles. The first-order chi connectivity index (χ1) is 6.26. The predicted octanol–water partition coefficient (Wildman–Crippen LogP) is 0.557. The molecule has 4 N–H and O–H groups in total. The highest BCUT2D eigenvalue weighted by molar-refractivity contribution is 5.44. The van der Waals surface area contributed by atoms with Gasteiger partial charge < -0.3 is 16.2 Å². The maximum absolute atomic E-state index is 12.7. The fraction of sp³-hybridized carbons (Fsp3) is 0.333. The number of nitrogens with two attached hydrogens (primary N) is 1. The van der Waals surface area contributed by atoms with Gasteiger partial charge in [0.25, 0.3) is 0 Å². The fourth-order valence-corrected chi connectivity index (χ4v) is 0.993. The number of hydrogen-bond donors (Lipinski definition) is 3. The van der Waals surface area contributed by atoms with E-state index >= 15 is 0 Å². The third-order valence-corrected chi connectivity index (χ3v) is 1.70. The second-order valence-corrected chi connectivity index (χ2v) is 2.77. The highest BCUT2D eigenvalue weighted by atomic mass is 19.1. The zero-order valence-electron chi connectivity index (χ0n) is 7.20. The summed E-state index contributed by atoms with van der Waals surface area (Å²) in [5.41, 5.74) is 5.98. The third kappa shape index (κ3) is 3.01. The lowest BCUT2D eigenvalue weighted by molar-refractivity contribution is 0.276. The molecule has 72 valence electrons. The van der Waals surface area contributed by atoms with Crippen LogP contribution >= 0.6 is 0 Å². The molecule has 4 heteroatoms. The van der Waals surface area contributed by atoms with E-state index in [9.17, 15) is 4.39 Å². The van der Waals surface area contributed by atoms with E-state index in [0.717, 1.165) is 0 Å². The van der Waals surface area contributed by atoms with Gasteiger partial charge in [0.05, 0.1) is 12.6 Å². The minimum absolute atomic E-state index is 0.0625. The first kappa shape index (κ1) is 9.95. The number of aliphatic hydroxyl groups excluding tert-OH is 1. The molecule has 0 aliphatic rings. The number of anilines is 1. The van der Waals surface area contributed by atoms with Gasteiger partial charge in [-0.3, -0.25) is 0 Å². The van der Waals surface area contributed by atoms with Crippen molar-refractivity contribution in [2.24, 2.45) is 5.73 Å². The van der Waals surface area contributed by atoms with Crippen LogP contribution in [0.25, 0.3) is 0 Å². The summed E-state index contributed by atoms with van der Waals surface area (Å²) in [5.74, 6) is -0.307. The van der Waals surface area contributed by atoms with Crippen LogP contribution in [0, 0.1) is 5.82 Å². The molecule has 1 unspecified atom stereocenters. The number of rotatable bonds is 4. The molecule has 0 saturated heterocycles. The van der Waals surface area contributed by atoms with E-state index in [0.29, 0.717) is 12.2 Å². The van der Waals surface area contributed by atoms with E-state index in [1.807, 2.05) is 0 Å². The molecule has 0 heterocycles. The van der Waals surface area contributed by atoms with Crippen LogP contribution in [-0.4, -0.2) is 24.3 Å². The quantitative estimate of drug-likeness (QED) is 0.640. The van der Waals surface area contributed by atoms with E-state index in [1.165, 1.54) is 12.1 Å². The molecule has 0 radical (unpaired) electrons. The summed E-state index contributed by atoms with van der Waals surface area (Å²) < 4.78 is 12.7. The van der Waals surface area contributed by atoms with Gasteiger partial charge in [0.1, 0.15) is 5.82 Å². The Bertz CT molecular complexity index is 264. The molecule has 1 aromatic rings. The molecule has 1 rings (SSSR count). The van der Waals surface area contributed by atoms with Crippen molar-refractivity contribution in [2.45, 2.75) is 6.04 Å². The van der Waals surface area contributed by atoms with Crippen molar-refractivity contribution >= 4 is 5.69 Å². The number of nitrogens with one attached hydrogen (secondary N) is 1. The lowest BCUT2D eigenvalue weighted by Gasteiger charge is -2.14. The molecule has 0 aliphatic carbocycles. The van der Waals surface area contributed by atoms with Crippen LogP contribution in [0.1, 0.15) is 0 Å². The van der Waals surface area contributed by atoms with Crippen molar-refractivity contribution in [1.82, 2.24) is 0 Å². The Morgan fingerprint density at radius 2 is 2.31 bits per heavy atom. The van der Waals surface area contributed by atoms with Gasteiger partial charge in [0.15, 0.2) is 0 Å². The molecule has 0 aliphatic heterocycles. The molecule has 0 amide bonds. The Kier molecular flexibility index (Phi) is 3.67. The van der Waals surface area contributed by atoms with Crippen LogP contribution in [0.15, 0.2) is 24.3 Å². The zero-order valence-corrected chi connectivity index (χ0v) is 7.20. The van der Waals surface area contributed by atoms with Crippen LogP contribution in [-0.2, 0) is 0 Å². The Morgan fingerprint density at radius 3 is 2.85 bits per heavy atom. The highest BCUT2D eigenvalue weighted by Crippen LogP contribution is 2.09. The molecule has 0 bridgehead atoms. The Balaban J connectivity index is 2.62. The van der Waals surface area contributed by atoms with Crippen molar-refractivity contribution in [3.63, 3.8) is 0 Å². The second kappa shape index (κ2) is 4.79. The number of halogens is 1. The Hall–Kier alpha value is -1.13. The van der Waals surface area contributed by atoms with Crippen LogP contribution in [0.4, 0.5) is 10.1 Å². The summed E-state index contributed by atoms with van der Waals surface area (Å²) in [4.78, 5) is 0. The summed E-state index contributed by atoms with van der Waals surface area (Å²) in [7, 11) is 0. The van der Waals surface area contributed by atoms with Crippen LogP contribution in [0.5, 0.6) is 0 Å². The zero-order chi connectivity index (χ0) is 9.68. The van der Waals surface area contributed by atoms with Gasteiger partial charge in [-0.05, 0) is 18.2 Å². The van der Waals surface area contributed by atoms with Crippen molar-refractivity contribution < 1.29 is 9.50 Å². The number of benzene rings is 1. The smallest absolute Gasteiger partial charge is 0.125 e. The SMILES string of the molecule is NCC(CO)Nc1cccc(F)c1. The molecule has 13 heavy (non-hydrogen) atoms. The van der Waals surface area contributed by atoms with Crippen molar-refractivity contribution in [3.8, 4) is 0 Å². The van der Waals surface area contributed by atoms with Gasteiger partial charge in [-0.2, -0.15) is 0 Å². The fourth-order valence-electron chi connectivity index (χ4n) is 0.993. The van der Waals surface area contributed by atoms with Gasteiger partial charge >= 0.3 is 0 Å².